The van der Waals surface area contributed by atoms with Crippen LogP contribution in [0, 0.1) is 0 Å². The van der Waals surface area contributed by atoms with Gasteiger partial charge in [-0.25, -0.2) is 9.97 Å². The Balaban J connectivity index is 2.01. The number of nitrogen functional groups attached to an aromatic ring is 3. The Morgan fingerprint density at radius 2 is 1.48 bits per heavy atom. The SMILES string of the molecule is Nc1nc(N)c2nc(-c3cccc4c3C(=O)CCCCC4=O)c(N)nc2n1. The lowest BCUT2D eigenvalue weighted by molar-refractivity contribution is 0.0929. The third kappa shape index (κ3) is 2.82. The van der Waals surface area contributed by atoms with Gasteiger partial charge in [0.1, 0.15) is 5.69 Å². The van der Waals surface area contributed by atoms with Gasteiger partial charge in [-0.05, 0) is 12.8 Å². The average Bonchev–Trinajstić information content (AvgIpc) is 2.62. The highest BCUT2D eigenvalue weighted by atomic mass is 16.1. The van der Waals surface area contributed by atoms with Gasteiger partial charge in [-0.1, -0.05) is 18.2 Å². The van der Waals surface area contributed by atoms with Gasteiger partial charge in [-0.2, -0.15) is 9.97 Å². The largest absolute Gasteiger partial charge is 0.382 e. The minimum absolute atomic E-state index is 0.0351. The minimum Gasteiger partial charge on any atom is -0.382 e. The lowest BCUT2D eigenvalue weighted by atomic mass is 9.87. The van der Waals surface area contributed by atoms with E-state index in [-0.39, 0.29) is 46.0 Å². The maximum Gasteiger partial charge on any atom is 0.224 e. The third-order valence-corrected chi connectivity index (χ3v) is 4.56. The summed E-state index contributed by atoms with van der Waals surface area (Å²) in [4.78, 5) is 41.8. The predicted octanol–water partition coefficient (Wildman–Crippen LogP) is 1.77. The summed E-state index contributed by atoms with van der Waals surface area (Å²) in [6.07, 6.45) is 2.13. The summed E-state index contributed by atoms with van der Waals surface area (Å²) in [7, 11) is 0. The van der Waals surface area contributed by atoms with E-state index in [0.29, 0.717) is 42.4 Å². The first kappa shape index (κ1) is 16.8. The van der Waals surface area contributed by atoms with Crippen molar-refractivity contribution < 1.29 is 9.59 Å². The van der Waals surface area contributed by atoms with Crippen LogP contribution in [0.2, 0.25) is 0 Å². The molecule has 1 aliphatic rings. The number of hydrogen-bond acceptors (Lipinski definition) is 9. The number of carbonyl (C=O) groups excluding carboxylic acids is 2. The highest BCUT2D eigenvalue weighted by molar-refractivity contribution is 6.13. The van der Waals surface area contributed by atoms with Gasteiger partial charge < -0.3 is 17.2 Å². The zero-order valence-corrected chi connectivity index (χ0v) is 14.4. The number of fused-ring (bicyclic) bond motifs is 2. The molecule has 0 atom stereocenters. The summed E-state index contributed by atoms with van der Waals surface area (Å²) in [5.74, 6) is -0.0884. The molecule has 0 radical (unpaired) electrons. The van der Waals surface area contributed by atoms with Crippen LogP contribution in [0.25, 0.3) is 22.4 Å². The maximum absolute atomic E-state index is 12.8. The molecule has 0 fully saturated rings. The molecule has 3 aromatic rings. The number of nitrogens with zero attached hydrogens (tertiary/aromatic N) is 4. The number of hydrogen-bond donors (Lipinski definition) is 3. The van der Waals surface area contributed by atoms with Crippen molar-refractivity contribution in [2.45, 2.75) is 25.7 Å². The first-order valence-corrected chi connectivity index (χ1v) is 8.51. The number of Topliss-reactive ketones (excluding diaryl/α,β-unsaturated/α-hetero) is 2. The molecule has 0 saturated heterocycles. The van der Waals surface area contributed by atoms with E-state index < -0.39 is 0 Å². The minimum atomic E-state index is -0.114. The lowest BCUT2D eigenvalue weighted by Gasteiger charge is -2.16. The van der Waals surface area contributed by atoms with Gasteiger partial charge in [-0.15, -0.1) is 0 Å². The van der Waals surface area contributed by atoms with Crippen LogP contribution in [-0.4, -0.2) is 31.5 Å². The van der Waals surface area contributed by atoms with E-state index in [1.165, 1.54) is 0 Å². The van der Waals surface area contributed by atoms with Crippen molar-refractivity contribution in [2.24, 2.45) is 0 Å². The molecule has 1 aromatic carbocycles. The summed E-state index contributed by atoms with van der Waals surface area (Å²) >= 11 is 0. The second-order valence-electron chi connectivity index (χ2n) is 6.38. The van der Waals surface area contributed by atoms with Gasteiger partial charge in [0.15, 0.2) is 34.4 Å². The van der Waals surface area contributed by atoms with Crippen molar-refractivity contribution >= 4 is 40.3 Å². The fourth-order valence-corrected chi connectivity index (χ4v) is 3.31. The molecule has 0 bridgehead atoms. The Hall–Kier alpha value is -3.62. The summed E-state index contributed by atoms with van der Waals surface area (Å²) < 4.78 is 0. The number of rotatable bonds is 1. The molecule has 6 N–H and O–H groups in total. The van der Waals surface area contributed by atoms with E-state index in [1.54, 1.807) is 18.2 Å². The number of benzene rings is 1. The van der Waals surface area contributed by atoms with Gasteiger partial charge in [0.25, 0.3) is 0 Å². The molecule has 9 nitrogen and oxygen atoms in total. The molecule has 9 heteroatoms. The van der Waals surface area contributed by atoms with E-state index in [0.717, 1.165) is 0 Å². The molecule has 136 valence electrons. The summed E-state index contributed by atoms with van der Waals surface area (Å²) in [5.41, 5.74) is 19.4. The second-order valence-corrected chi connectivity index (χ2v) is 6.38. The standard InChI is InChI=1S/C18H17N7O2/c19-15-13(22-14-16(20)24-18(21)25-17(14)23-15)9-5-3-4-8-10(26)6-1-2-7-11(27)12(8)9/h3-5H,1-2,6-7H2,(H6,19,20,21,23,24,25). The highest BCUT2D eigenvalue weighted by Gasteiger charge is 2.25. The zero-order valence-electron chi connectivity index (χ0n) is 14.4. The van der Waals surface area contributed by atoms with E-state index >= 15 is 0 Å². The number of aromatic nitrogens is 4. The Morgan fingerprint density at radius 1 is 0.778 bits per heavy atom. The molecule has 0 unspecified atom stereocenters. The van der Waals surface area contributed by atoms with Crippen molar-refractivity contribution in [1.82, 2.24) is 19.9 Å². The monoisotopic (exact) mass is 363 g/mol. The highest BCUT2D eigenvalue weighted by Crippen LogP contribution is 2.33. The molecule has 2 heterocycles. The molecule has 0 spiro atoms. The van der Waals surface area contributed by atoms with Gasteiger partial charge in [-0.3, -0.25) is 9.59 Å². The Bertz CT molecular complexity index is 1110. The summed E-state index contributed by atoms with van der Waals surface area (Å²) in [6, 6.07) is 5.06. The zero-order chi connectivity index (χ0) is 19.1. The van der Waals surface area contributed by atoms with Gasteiger partial charge in [0, 0.05) is 29.5 Å². The van der Waals surface area contributed by atoms with E-state index in [9.17, 15) is 9.59 Å². The van der Waals surface area contributed by atoms with Crippen LogP contribution < -0.4 is 17.2 Å². The molecular formula is C18H17N7O2. The van der Waals surface area contributed by atoms with Gasteiger partial charge in [0.2, 0.25) is 5.95 Å². The van der Waals surface area contributed by atoms with Crippen molar-refractivity contribution in [2.75, 3.05) is 17.2 Å². The number of nitrogens with two attached hydrogens (primary N) is 3. The molecule has 27 heavy (non-hydrogen) atoms. The molecular weight excluding hydrogens is 346 g/mol. The summed E-state index contributed by atoms with van der Waals surface area (Å²) in [6.45, 7) is 0. The maximum atomic E-state index is 12.8. The van der Waals surface area contributed by atoms with E-state index in [4.69, 9.17) is 17.2 Å². The van der Waals surface area contributed by atoms with Crippen molar-refractivity contribution in [3.05, 3.63) is 29.3 Å². The van der Waals surface area contributed by atoms with Gasteiger partial charge >= 0.3 is 0 Å². The van der Waals surface area contributed by atoms with Crippen molar-refractivity contribution in [1.29, 1.82) is 0 Å². The average molecular weight is 363 g/mol. The normalized spacial score (nSPS) is 14.7. The number of ketones is 2. The lowest BCUT2D eigenvalue weighted by Crippen LogP contribution is -2.15. The fourth-order valence-electron chi connectivity index (χ4n) is 3.31. The molecule has 0 aliphatic heterocycles. The molecule has 2 aromatic heterocycles. The molecule has 4 rings (SSSR count). The predicted molar refractivity (Wildman–Crippen MR) is 101 cm³/mol. The smallest absolute Gasteiger partial charge is 0.224 e. The number of anilines is 3. The van der Waals surface area contributed by atoms with Crippen LogP contribution in [-0.2, 0) is 0 Å². The van der Waals surface area contributed by atoms with Crippen LogP contribution in [0.5, 0.6) is 0 Å². The quantitative estimate of drug-likeness (QED) is 0.584. The Morgan fingerprint density at radius 3 is 2.26 bits per heavy atom. The van der Waals surface area contributed by atoms with Crippen molar-refractivity contribution in [3.8, 4) is 11.3 Å². The second kappa shape index (κ2) is 6.27. The van der Waals surface area contributed by atoms with E-state index in [2.05, 4.69) is 19.9 Å². The van der Waals surface area contributed by atoms with E-state index in [1.807, 2.05) is 0 Å². The fraction of sp³-hybridized carbons (Fsp3) is 0.222. The van der Waals surface area contributed by atoms with Crippen LogP contribution in [0.15, 0.2) is 18.2 Å². The Labute approximate surface area is 154 Å². The summed E-state index contributed by atoms with van der Waals surface area (Å²) in [5, 5.41) is 0. The first-order chi connectivity index (χ1) is 13.0. The van der Waals surface area contributed by atoms with Crippen LogP contribution >= 0.6 is 0 Å². The molecule has 0 saturated carbocycles. The van der Waals surface area contributed by atoms with Crippen molar-refractivity contribution in [3.63, 3.8) is 0 Å². The van der Waals surface area contributed by atoms with Crippen LogP contribution in [0.3, 0.4) is 0 Å². The van der Waals surface area contributed by atoms with Gasteiger partial charge in [0.05, 0.1) is 0 Å². The Kier molecular flexibility index (Phi) is 3.91. The third-order valence-electron chi connectivity index (χ3n) is 4.56. The molecule has 1 aliphatic carbocycles. The van der Waals surface area contributed by atoms with Crippen LogP contribution in [0.1, 0.15) is 46.4 Å². The van der Waals surface area contributed by atoms with Crippen LogP contribution in [0.4, 0.5) is 17.6 Å². The molecule has 0 amide bonds. The number of carbonyl (C=O) groups is 2. The topological polar surface area (TPSA) is 164 Å². The first-order valence-electron chi connectivity index (χ1n) is 8.51.